The number of aryl methyl sites for hydroxylation is 1. The summed E-state index contributed by atoms with van der Waals surface area (Å²) < 4.78 is 1.94. The first-order chi connectivity index (χ1) is 9.66. The number of nitrogens with one attached hydrogen (secondary N) is 1. The first-order valence-corrected chi connectivity index (χ1v) is 6.55. The maximum absolute atomic E-state index is 11.6. The van der Waals surface area contributed by atoms with Crippen LogP contribution in [0.2, 0.25) is 0 Å². The third-order valence-corrected chi connectivity index (χ3v) is 3.00. The molecular weight excluding hydrogens is 258 g/mol. The number of carbonyl (C=O) groups excluding carboxylic acids is 1. The summed E-state index contributed by atoms with van der Waals surface area (Å²) in [4.78, 5) is 26.2. The minimum atomic E-state index is -0.843. The Kier molecular flexibility index (Phi) is 4.70. The van der Waals surface area contributed by atoms with Crippen LogP contribution < -0.4 is 5.32 Å². The number of fused-ring (bicyclic) bond motifs is 1. The van der Waals surface area contributed by atoms with Crippen LogP contribution in [0.1, 0.15) is 19.3 Å². The number of carboxylic acid groups (broad SMARTS) is 1. The van der Waals surface area contributed by atoms with Crippen LogP contribution in [0.3, 0.4) is 0 Å². The largest absolute Gasteiger partial charge is 0.481 e. The van der Waals surface area contributed by atoms with E-state index >= 15 is 0 Å². The lowest BCUT2D eigenvalue weighted by molar-refractivity contribution is -0.137. The number of imidazole rings is 1. The summed E-state index contributed by atoms with van der Waals surface area (Å²) in [6, 6.07) is 7.76. The number of hydrogen-bond donors (Lipinski definition) is 2. The van der Waals surface area contributed by atoms with Gasteiger partial charge in [0, 0.05) is 25.9 Å². The Morgan fingerprint density at radius 3 is 2.85 bits per heavy atom. The van der Waals surface area contributed by atoms with Gasteiger partial charge in [0.15, 0.2) is 0 Å². The first kappa shape index (κ1) is 14.0. The van der Waals surface area contributed by atoms with E-state index in [-0.39, 0.29) is 12.3 Å². The Hall–Kier alpha value is -2.37. The average Bonchev–Trinajstić information content (AvgIpc) is 2.84. The molecule has 1 amide bonds. The molecule has 0 bridgehead atoms. The zero-order valence-electron chi connectivity index (χ0n) is 11.1. The van der Waals surface area contributed by atoms with Crippen molar-refractivity contribution >= 4 is 22.9 Å². The highest BCUT2D eigenvalue weighted by molar-refractivity contribution is 5.77. The second-order valence-corrected chi connectivity index (χ2v) is 4.52. The molecule has 0 aliphatic rings. The van der Waals surface area contributed by atoms with Crippen molar-refractivity contribution in [2.45, 2.75) is 25.8 Å². The van der Waals surface area contributed by atoms with Gasteiger partial charge in [0.2, 0.25) is 5.91 Å². The number of nitrogens with zero attached hydrogens (tertiary/aromatic N) is 2. The molecule has 0 aliphatic carbocycles. The average molecular weight is 275 g/mol. The minimum absolute atomic E-state index is 0.0758. The number of carboxylic acids is 1. The summed E-state index contributed by atoms with van der Waals surface area (Å²) in [5, 5.41) is 11.2. The molecule has 1 aromatic carbocycles. The molecule has 0 atom stereocenters. The SMILES string of the molecule is O=C(O)CCCNC(=O)CCn1cnc2ccccc21. The molecule has 0 fully saturated rings. The second-order valence-electron chi connectivity index (χ2n) is 4.52. The van der Waals surface area contributed by atoms with Gasteiger partial charge < -0.3 is 15.0 Å². The molecule has 1 heterocycles. The summed E-state index contributed by atoms with van der Waals surface area (Å²) in [6.45, 7) is 0.959. The molecular formula is C14H17N3O3. The lowest BCUT2D eigenvalue weighted by Gasteiger charge is -2.06. The van der Waals surface area contributed by atoms with E-state index in [4.69, 9.17) is 5.11 Å². The van der Waals surface area contributed by atoms with E-state index in [9.17, 15) is 9.59 Å². The Bertz CT molecular complexity index is 606. The van der Waals surface area contributed by atoms with Crippen molar-refractivity contribution in [1.82, 2.24) is 14.9 Å². The number of aliphatic carboxylic acids is 1. The van der Waals surface area contributed by atoms with Gasteiger partial charge >= 0.3 is 5.97 Å². The van der Waals surface area contributed by atoms with Gasteiger partial charge in [0.25, 0.3) is 0 Å². The minimum Gasteiger partial charge on any atom is -0.481 e. The van der Waals surface area contributed by atoms with Gasteiger partial charge in [-0.25, -0.2) is 4.98 Å². The van der Waals surface area contributed by atoms with Crippen LogP contribution in [-0.4, -0.2) is 33.1 Å². The quantitative estimate of drug-likeness (QED) is 0.748. The summed E-state index contributed by atoms with van der Waals surface area (Å²) in [6.07, 6.45) is 2.61. The Morgan fingerprint density at radius 2 is 2.05 bits per heavy atom. The number of benzene rings is 1. The molecule has 0 unspecified atom stereocenters. The molecule has 6 nitrogen and oxygen atoms in total. The summed E-state index contributed by atoms with van der Waals surface area (Å²) in [5.41, 5.74) is 1.92. The molecule has 0 saturated carbocycles. The normalized spacial score (nSPS) is 10.6. The fourth-order valence-electron chi connectivity index (χ4n) is 1.97. The zero-order valence-corrected chi connectivity index (χ0v) is 11.1. The lowest BCUT2D eigenvalue weighted by atomic mass is 10.3. The van der Waals surface area contributed by atoms with E-state index in [0.717, 1.165) is 11.0 Å². The number of carbonyl (C=O) groups is 2. The number of amides is 1. The van der Waals surface area contributed by atoms with Crippen LogP contribution in [0.25, 0.3) is 11.0 Å². The molecule has 2 rings (SSSR count). The van der Waals surface area contributed by atoms with Gasteiger partial charge in [-0.05, 0) is 18.6 Å². The number of aromatic nitrogens is 2. The zero-order chi connectivity index (χ0) is 14.4. The second kappa shape index (κ2) is 6.70. The van der Waals surface area contributed by atoms with Crippen LogP contribution >= 0.6 is 0 Å². The number of rotatable bonds is 7. The van der Waals surface area contributed by atoms with E-state index in [2.05, 4.69) is 10.3 Å². The van der Waals surface area contributed by atoms with Crippen molar-refractivity contribution in [2.24, 2.45) is 0 Å². The standard InChI is InChI=1S/C14H17N3O3/c18-13(15-8-3-6-14(19)20)7-9-17-10-16-11-4-1-2-5-12(11)17/h1-2,4-5,10H,3,6-9H2,(H,15,18)(H,19,20). The van der Waals surface area contributed by atoms with Crippen molar-refractivity contribution in [2.75, 3.05) is 6.54 Å². The summed E-state index contributed by atoms with van der Waals surface area (Å²) >= 11 is 0. The van der Waals surface area contributed by atoms with Gasteiger partial charge in [-0.1, -0.05) is 12.1 Å². The van der Waals surface area contributed by atoms with Gasteiger partial charge in [-0.3, -0.25) is 9.59 Å². The highest BCUT2D eigenvalue weighted by Crippen LogP contribution is 2.11. The van der Waals surface area contributed by atoms with Crippen molar-refractivity contribution in [3.05, 3.63) is 30.6 Å². The van der Waals surface area contributed by atoms with Crippen LogP contribution in [0.5, 0.6) is 0 Å². The van der Waals surface area contributed by atoms with Crippen LogP contribution in [0.4, 0.5) is 0 Å². The van der Waals surface area contributed by atoms with Crippen molar-refractivity contribution in [3.63, 3.8) is 0 Å². The van der Waals surface area contributed by atoms with E-state index in [1.807, 2.05) is 28.8 Å². The topological polar surface area (TPSA) is 84.2 Å². The van der Waals surface area contributed by atoms with Crippen LogP contribution in [0.15, 0.2) is 30.6 Å². The van der Waals surface area contributed by atoms with E-state index in [1.165, 1.54) is 0 Å². The third kappa shape index (κ3) is 3.81. The molecule has 6 heteroatoms. The van der Waals surface area contributed by atoms with Gasteiger partial charge in [0.05, 0.1) is 17.4 Å². The molecule has 2 aromatic rings. The first-order valence-electron chi connectivity index (χ1n) is 6.55. The van der Waals surface area contributed by atoms with E-state index < -0.39 is 5.97 Å². The van der Waals surface area contributed by atoms with Gasteiger partial charge in [0.1, 0.15) is 0 Å². The molecule has 0 spiro atoms. The monoisotopic (exact) mass is 275 g/mol. The molecule has 1 aromatic heterocycles. The van der Waals surface area contributed by atoms with Gasteiger partial charge in [-0.15, -0.1) is 0 Å². The fourth-order valence-corrected chi connectivity index (χ4v) is 1.97. The number of hydrogen-bond acceptors (Lipinski definition) is 3. The maximum Gasteiger partial charge on any atom is 0.303 e. The molecule has 2 N–H and O–H groups in total. The van der Waals surface area contributed by atoms with Crippen LogP contribution in [-0.2, 0) is 16.1 Å². The third-order valence-electron chi connectivity index (χ3n) is 3.00. The van der Waals surface area contributed by atoms with Crippen LogP contribution in [0, 0.1) is 0 Å². The Morgan fingerprint density at radius 1 is 1.25 bits per heavy atom. The van der Waals surface area contributed by atoms with Gasteiger partial charge in [-0.2, -0.15) is 0 Å². The molecule has 0 saturated heterocycles. The van der Waals surface area contributed by atoms with E-state index in [1.54, 1.807) is 6.33 Å². The molecule has 20 heavy (non-hydrogen) atoms. The highest BCUT2D eigenvalue weighted by atomic mass is 16.4. The molecule has 0 radical (unpaired) electrons. The smallest absolute Gasteiger partial charge is 0.303 e. The van der Waals surface area contributed by atoms with Crippen molar-refractivity contribution in [1.29, 1.82) is 0 Å². The fraction of sp³-hybridized carbons (Fsp3) is 0.357. The van der Waals surface area contributed by atoms with Crippen molar-refractivity contribution < 1.29 is 14.7 Å². The summed E-state index contributed by atoms with van der Waals surface area (Å²) in [7, 11) is 0. The predicted molar refractivity (Wildman–Crippen MR) is 74.2 cm³/mol. The summed E-state index contributed by atoms with van der Waals surface area (Å²) in [5.74, 6) is -0.919. The highest BCUT2D eigenvalue weighted by Gasteiger charge is 2.05. The van der Waals surface area contributed by atoms with E-state index in [0.29, 0.717) is 25.9 Å². The number of para-hydroxylation sites is 2. The van der Waals surface area contributed by atoms with Crippen molar-refractivity contribution in [3.8, 4) is 0 Å². The molecule has 0 aliphatic heterocycles. The lowest BCUT2D eigenvalue weighted by Crippen LogP contribution is -2.25. The molecule has 106 valence electrons. The Balaban J connectivity index is 1.77. The predicted octanol–water partition coefficient (Wildman–Crippen LogP) is 1.41. The Labute approximate surface area is 116 Å². The maximum atomic E-state index is 11.6.